The van der Waals surface area contributed by atoms with Crippen LogP contribution in [0.15, 0.2) is 18.2 Å². The first kappa shape index (κ1) is 11.5. The fourth-order valence-electron chi connectivity index (χ4n) is 2.91. The molecule has 4 nitrogen and oxygen atoms in total. The first-order chi connectivity index (χ1) is 8.66. The minimum absolute atomic E-state index is 0.100. The smallest absolute Gasteiger partial charge is 0.256 e. The average Bonchev–Trinajstić information content (AvgIpc) is 2.94. The van der Waals surface area contributed by atoms with Crippen molar-refractivity contribution < 1.29 is 9.53 Å². The Morgan fingerprint density at radius 2 is 2.33 bits per heavy atom. The molecule has 0 spiro atoms. The number of nitrogen functional groups attached to an aromatic ring is 1. The van der Waals surface area contributed by atoms with Gasteiger partial charge >= 0.3 is 0 Å². The summed E-state index contributed by atoms with van der Waals surface area (Å²) < 4.78 is 5.50. The third kappa shape index (κ3) is 1.77. The molecule has 3 rings (SSSR count). The van der Waals surface area contributed by atoms with Crippen molar-refractivity contribution in [3.8, 4) is 0 Å². The predicted molar refractivity (Wildman–Crippen MR) is 70.5 cm³/mol. The summed E-state index contributed by atoms with van der Waals surface area (Å²) >= 11 is 0. The van der Waals surface area contributed by atoms with E-state index in [1.807, 2.05) is 23.1 Å². The molecule has 18 heavy (non-hydrogen) atoms. The molecule has 2 aliphatic heterocycles. The average molecular weight is 246 g/mol. The lowest BCUT2D eigenvalue weighted by molar-refractivity contribution is -0.127. The van der Waals surface area contributed by atoms with Crippen LogP contribution in [0.5, 0.6) is 0 Å². The zero-order chi connectivity index (χ0) is 12.7. The summed E-state index contributed by atoms with van der Waals surface area (Å²) in [5.41, 5.74) is 8.71. The number of fused-ring (bicyclic) bond motifs is 1. The fraction of sp³-hybridized carbons (Fsp3) is 0.500. The van der Waals surface area contributed by atoms with Gasteiger partial charge in [0.15, 0.2) is 0 Å². The highest BCUT2D eigenvalue weighted by Crippen LogP contribution is 2.34. The summed E-state index contributed by atoms with van der Waals surface area (Å²) in [6.07, 6.45) is 2.44. The second kappa shape index (κ2) is 4.28. The van der Waals surface area contributed by atoms with Crippen molar-refractivity contribution in [1.82, 2.24) is 0 Å². The minimum atomic E-state index is -0.254. The zero-order valence-electron chi connectivity index (χ0n) is 10.6. The van der Waals surface area contributed by atoms with Gasteiger partial charge in [-0.3, -0.25) is 4.79 Å². The fourth-order valence-corrected chi connectivity index (χ4v) is 2.91. The number of amides is 1. The highest BCUT2D eigenvalue weighted by atomic mass is 16.5. The van der Waals surface area contributed by atoms with Crippen LogP contribution in [0.3, 0.4) is 0 Å². The molecule has 4 heteroatoms. The number of nitrogens with two attached hydrogens (primary N) is 1. The molecule has 96 valence electrons. The lowest BCUT2D eigenvalue weighted by atomic mass is 10.1. The molecular weight excluding hydrogens is 228 g/mol. The third-order valence-corrected chi connectivity index (χ3v) is 3.76. The van der Waals surface area contributed by atoms with Crippen molar-refractivity contribution in [2.24, 2.45) is 0 Å². The van der Waals surface area contributed by atoms with Crippen LogP contribution in [0.1, 0.15) is 25.3 Å². The Morgan fingerprint density at radius 3 is 3.06 bits per heavy atom. The molecule has 1 aromatic carbocycles. The van der Waals surface area contributed by atoms with E-state index in [0.717, 1.165) is 36.2 Å². The Bertz CT molecular complexity index is 481. The molecule has 2 unspecified atom stereocenters. The van der Waals surface area contributed by atoms with Crippen LogP contribution in [0.25, 0.3) is 0 Å². The van der Waals surface area contributed by atoms with Crippen LogP contribution in [0.2, 0.25) is 0 Å². The van der Waals surface area contributed by atoms with E-state index in [2.05, 4.69) is 6.92 Å². The van der Waals surface area contributed by atoms with Gasteiger partial charge in [0.1, 0.15) is 6.10 Å². The van der Waals surface area contributed by atoms with Crippen LogP contribution < -0.4 is 10.6 Å². The first-order valence-electron chi connectivity index (χ1n) is 6.50. The van der Waals surface area contributed by atoms with Gasteiger partial charge in [0.2, 0.25) is 0 Å². The van der Waals surface area contributed by atoms with Crippen molar-refractivity contribution >= 4 is 17.3 Å². The third-order valence-electron chi connectivity index (χ3n) is 3.76. The summed E-state index contributed by atoms with van der Waals surface area (Å²) in [7, 11) is 0. The lowest BCUT2D eigenvalue weighted by Gasteiger charge is -2.25. The Balaban J connectivity index is 1.91. The number of hydrogen-bond donors (Lipinski definition) is 1. The maximum absolute atomic E-state index is 12.5. The summed E-state index contributed by atoms with van der Waals surface area (Å²) in [6, 6.07) is 5.96. The maximum atomic E-state index is 12.5. The topological polar surface area (TPSA) is 55.6 Å². The van der Waals surface area contributed by atoms with Gasteiger partial charge < -0.3 is 15.4 Å². The molecule has 2 aliphatic rings. The zero-order valence-corrected chi connectivity index (χ0v) is 10.6. The normalized spacial score (nSPS) is 26.4. The number of rotatable bonds is 1. The van der Waals surface area contributed by atoms with Gasteiger partial charge in [-0.2, -0.15) is 0 Å². The van der Waals surface area contributed by atoms with Gasteiger partial charge in [-0.25, -0.2) is 0 Å². The Hall–Kier alpha value is -1.55. The molecular formula is C14H18N2O2. The summed E-state index contributed by atoms with van der Waals surface area (Å²) in [6.45, 7) is 2.77. The van der Waals surface area contributed by atoms with Crippen molar-refractivity contribution in [3.05, 3.63) is 23.8 Å². The second-order valence-corrected chi connectivity index (χ2v) is 5.15. The van der Waals surface area contributed by atoms with Gasteiger partial charge in [0, 0.05) is 24.0 Å². The van der Waals surface area contributed by atoms with Gasteiger partial charge in [-0.05, 0) is 49.9 Å². The van der Waals surface area contributed by atoms with Gasteiger partial charge in [0.05, 0.1) is 0 Å². The molecule has 2 heterocycles. The van der Waals surface area contributed by atoms with Crippen LogP contribution >= 0.6 is 0 Å². The minimum Gasteiger partial charge on any atom is -0.399 e. The van der Waals surface area contributed by atoms with Crippen LogP contribution in [0.4, 0.5) is 11.4 Å². The molecule has 1 amide bonds. The molecule has 0 bridgehead atoms. The number of anilines is 2. The number of benzene rings is 1. The number of carbonyl (C=O) groups is 1. The molecule has 0 radical (unpaired) electrons. The molecule has 0 aromatic heterocycles. The van der Waals surface area contributed by atoms with E-state index in [9.17, 15) is 4.79 Å². The second-order valence-electron chi connectivity index (χ2n) is 5.15. The summed E-state index contributed by atoms with van der Waals surface area (Å²) in [5.74, 6) is 0.100. The molecule has 1 fully saturated rings. The molecule has 2 atom stereocenters. The van der Waals surface area contributed by atoms with E-state index >= 15 is 0 Å². The molecule has 1 saturated heterocycles. The summed E-state index contributed by atoms with van der Waals surface area (Å²) in [4.78, 5) is 14.4. The highest BCUT2D eigenvalue weighted by Gasteiger charge is 2.36. The van der Waals surface area contributed by atoms with E-state index in [4.69, 9.17) is 10.5 Å². The van der Waals surface area contributed by atoms with E-state index in [0.29, 0.717) is 6.61 Å². The van der Waals surface area contributed by atoms with Crippen LogP contribution in [-0.4, -0.2) is 24.7 Å². The van der Waals surface area contributed by atoms with Gasteiger partial charge in [0.25, 0.3) is 5.91 Å². The highest BCUT2D eigenvalue weighted by molar-refractivity contribution is 5.99. The van der Waals surface area contributed by atoms with E-state index < -0.39 is 0 Å². The number of nitrogens with zero attached hydrogens (tertiary/aromatic N) is 1. The Kier molecular flexibility index (Phi) is 2.74. The molecule has 0 saturated carbocycles. The standard InChI is InChI=1S/C14H18N2O2/c1-9-7-10-8-11(15)4-5-12(10)16(9)14(17)13-3-2-6-18-13/h4-5,8-9,13H,2-3,6-7,15H2,1H3. The largest absolute Gasteiger partial charge is 0.399 e. The summed E-state index contributed by atoms with van der Waals surface area (Å²) in [5, 5.41) is 0. The van der Waals surface area contributed by atoms with Crippen molar-refractivity contribution in [3.63, 3.8) is 0 Å². The Labute approximate surface area is 107 Å². The quantitative estimate of drug-likeness (QED) is 0.768. The SMILES string of the molecule is CC1Cc2cc(N)ccc2N1C(=O)C1CCCO1. The predicted octanol–water partition coefficient (Wildman–Crippen LogP) is 1.73. The van der Waals surface area contributed by atoms with Crippen molar-refractivity contribution in [1.29, 1.82) is 0 Å². The first-order valence-corrected chi connectivity index (χ1v) is 6.50. The van der Waals surface area contributed by atoms with E-state index in [1.54, 1.807) is 0 Å². The Morgan fingerprint density at radius 1 is 1.50 bits per heavy atom. The number of carbonyl (C=O) groups excluding carboxylic acids is 1. The van der Waals surface area contributed by atoms with Gasteiger partial charge in [-0.1, -0.05) is 0 Å². The van der Waals surface area contributed by atoms with E-state index in [-0.39, 0.29) is 18.1 Å². The van der Waals surface area contributed by atoms with Crippen molar-refractivity contribution in [2.45, 2.75) is 38.3 Å². The van der Waals surface area contributed by atoms with Crippen LogP contribution in [0, 0.1) is 0 Å². The molecule has 0 aliphatic carbocycles. The maximum Gasteiger partial charge on any atom is 0.256 e. The van der Waals surface area contributed by atoms with Crippen molar-refractivity contribution in [2.75, 3.05) is 17.2 Å². The molecule has 2 N–H and O–H groups in total. The van der Waals surface area contributed by atoms with Crippen LogP contribution in [-0.2, 0) is 16.0 Å². The van der Waals surface area contributed by atoms with Gasteiger partial charge in [-0.15, -0.1) is 0 Å². The lowest BCUT2D eigenvalue weighted by Crippen LogP contribution is -2.42. The monoisotopic (exact) mass is 246 g/mol. The molecule has 1 aromatic rings. The number of ether oxygens (including phenoxy) is 1. The number of hydrogen-bond acceptors (Lipinski definition) is 3. The van der Waals surface area contributed by atoms with E-state index in [1.165, 1.54) is 0 Å².